The number of amides is 2. The summed E-state index contributed by atoms with van der Waals surface area (Å²) in [5, 5.41) is 5.30. The van der Waals surface area contributed by atoms with Crippen LogP contribution in [0.2, 0.25) is 0 Å². The third-order valence-corrected chi connectivity index (χ3v) is 3.10. The van der Waals surface area contributed by atoms with Gasteiger partial charge in [-0.3, -0.25) is 9.59 Å². The van der Waals surface area contributed by atoms with Crippen molar-refractivity contribution in [2.75, 3.05) is 13.1 Å². The van der Waals surface area contributed by atoms with Gasteiger partial charge in [-0.25, -0.2) is 0 Å². The van der Waals surface area contributed by atoms with Crippen LogP contribution in [0.3, 0.4) is 0 Å². The van der Waals surface area contributed by atoms with Crippen LogP contribution in [-0.4, -0.2) is 30.9 Å². The molecule has 1 rings (SSSR count). The van der Waals surface area contributed by atoms with Crippen molar-refractivity contribution in [2.24, 2.45) is 5.73 Å². The Labute approximate surface area is 125 Å². The van der Waals surface area contributed by atoms with Gasteiger partial charge in [-0.05, 0) is 12.5 Å². The number of nitrogens with two attached hydrogens (primary N) is 1. The molecule has 0 heterocycles. The molecule has 2 unspecified atom stereocenters. The number of carbonyl (C=O) groups is 2. The molecule has 2 atom stereocenters. The number of rotatable bonds is 6. The van der Waals surface area contributed by atoms with Crippen molar-refractivity contribution >= 4 is 24.2 Å². The van der Waals surface area contributed by atoms with Gasteiger partial charge in [0.2, 0.25) is 11.8 Å². The zero-order chi connectivity index (χ0) is 14.3. The highest BCUT2D eigenvalue weighted by Gasteiger charge is 2.16. The summed E-state index contributed by atoms with van der Waals surface area (Å²) < 4.78 is 0. The van der Waals surface area contributed by atoms with Crippen LogP contribution in [-0.2, 0) is 9.59 Å². The summed E-state index contributed by atoms with van der Waals surface area (Å²) in [6.07, 6.45) is 0. The predicted molar refractivity (Wildman–Crippen MR) is 81.8 cm³/mol. The quantitative estimate of drug-likeness (QED) is 0.726. The van der Waals surface area contributed by atoms with E-state index in [4.69, 9.17) is 5.73 Å². The molecule has 0 aliphatic rings. The van der Waals surface area contributed by atoms with Crippen molar-refractivity contribution in [2.45, 2.75) is 25.8 Å². The van der Waals surface area contributed by atoms with Crippen molar-refractivity contribution in [3.63, 3.8) is 0 Å². The fourth-order valence-corrected chi connectivity index (χ4v) is 1.73. The average Bonchev–Trinajstić information content (AvgIpc) is 2.44. The van der Waals surface area contributed by atoms with Gasteiger partial charge in [-0.15, -0.1) is 12.4 Å². The molecular formula is C14H22ClN3O2. The molecule has 0 saturated heterocycles. The van der Waals surface area contributed by atoms with E-state index in [1.54, 1.807) is 0 Å². The van der Waals surface area contributed by atoms with E-state index < -0.39 is 0 Å². The zero-order valence-corrected chi connectivity index (χ0v) is 12.6. The first-order valence-corrected chi connectivity index (χ1v) is 6.35. The van der Waals surface area contributed by atoms with E-state index in [1.165, 1.54) is 5.56 Å². The minimum atomic E-state index is -0.334. The summed E-state index contributed by atoms with van der Waals surface area (Å²) >= 11 is 0. The topological polar surface area (TPSA) is 84.2 Å². The first kappa shape index (κ1) is 18.4. The number of carbonyl (C=O) groups excluding carboxylic acids is 2. The molecule has 0 fully saturated rings. The van der Waals surface area contributed by atoms with E-state index in [9.17, 15) is 9.59 Å². The number of nitrogens with one attached hydrogen (secondary N) is 2. The van der Waals surface area contributed by atoms with Gasteiger partial charge >= 0.3 is 0 Å². The first-order chi connectivity index (χ1) is 9.04. The van der Waals surface area contributed by atoms with Crippen molar-refractivity contribution in [3.8, 4) is 0 Å². The Kier molecular flexibility index (Phi) is 8.59. The van der Waals surface area contributed by atoms with Crippen LogP contribution in [0.5, 0.6) is 0 Å². The van der Waals surface area contributed by atoms with E-state index in [2.05, 4.69) is 17.6 Å². The molecule has 1 aromatic rings. The van der Waals surface area contributed by atoms with Crippen LogP contribution in [0, 0.1) is 0 Å². The Bertz CT molecular complexity index is 426. The SMILES string of the molecule is CC(NC(=O)CNC(=O)CN)C(C)c1ccccc1.Cl. The fourth-order valence-electron chi connectivity index (χ4n) is 1.73. The van der Waals surface area contributed by atoms with Gasteiger partial charge in [0.25, 0.3) is 0 Å². The van der Waals surface area contributed by atoms with Crippen molar-refractivity contribution < 1.29 is 9.59 Å². The zero-order valence-electron chi connectivity index (χ0n) is 11.8. The van der Waals surface area contributed by atoms with Crippen LogP contribution < -0.4 is 16.4 Å². The minimum absolute atomic E-state index is 0. The Morgan fingerprint density at radius 2 is 1.75 bits per heavy atom. The van der Waals surface area contributed by atoms with Crippen molar-refractivity contribution in [3.05, 3.63) is 35.9 Å². The smallest absolute Gasteiger partial charge is 0.239 e. The highest BCUT2D eigenvalue weighted by atomic mass is 35.5. The molecule has 0 spiro atoms. The van der Waals surface area contributed by atoms with Gasteiger partial charge in [0.15, 0.2) is 0 Å². The third kappa shape index (κ3) is 6.04. The molecule has 0 aromatic heterocycles. The summed E-state index contributed by atoms with van der Waals surface area (Å²) in [4.78, 5) is 22.6. The molecule has 112 valence electrons. The molecule has 0 aliphatic carbocycles. The second kappa shape index (κ2) is 9.34. The number of halogens is 1. The van der Waals surface area contributed by atoms with E-state index >= 15 is 0 Å². The van der Waals surface area contributed by atoms with Crippen LogP contribution in [0.4, 0.5) is 0 Å². The minimum Gasteiger partial charge on any atom is -0.352 e. The van der Waals surface area contributed by atoms with E-state index in [-0.39, 0.29) is 49.3 Å². The van der Waals surface area contributed by atoms with E-state index in [1.807, 2.05) is 37.3 Å². The highest BCUT2D eigenvalue weighted by molar-refractivity contribution is 5.85. The number of hydrogen-bond acceptors (Lipinski definition) is 3. The number of benzene rings is 1. The molecule has 0 aliphatic heterocycles. The molecule has 5 nitrogen and oxygen atoms in total. The fraction of sp³-hybridized carbons (Fsp3) is 0.429. The van der Waals surface area contributed by atoms with Crippen LogP contribution in [0.1, 0.15) is 25.3 Å². The average molecular weight is 300 g/mol. The Balaban J connectivity index is 0.00000361. The first-order valence-electron chi connectivity index (χ1n) is 6.35. The van der Waals surface area contributed by atoms with Crippen LogP contribution in [0.25, 0.3) is 0 Å². The van der Waals surface area contributed by atoms with Crippen molar-refractivity contribution in [1.82, 2.24) is 10.6 Å². The molecule has 2 amide bonds. The Hall–Kier alpha value is -1.59. The van der Waals surface area contributed by atoms with Crippen molar-refractivity contribution in [1.29, 1.82) is 0 Å². The van der Waals surface area contributed by atoms with Gasteiger partial charge < -0.3 is 16.4 Å². The summed E-state index contributed by atoms with van der Waals surface area (Å²) in [7, 11) is 0. The monoisotopic (exact) mass is 299 g/mol. The molecule has 0 bridgehead atoms. The van der Waals surface area contributed by atoms with E-state index in [0.717, 1.165) is 0 Å². The van der Waals surface area contributed by atoms with Gasteiger partial charge in [0, 0.05) is 12.0 Å². The summed E-state index contributed by atoms with van der Waals surface area (Å²) in [5.41, 5.74) is 6.31. The van der Waals surface area contributed by atoms with Crippen LogP contribution in [0.15, 0.2) is 30.3 Å². The van der Waals surface area contributed by atoms with E-state index in [0.29, 0.717) is 0 Å². The van der Waals surface area contributed by atoms with Crippen LogP contribution >= 0.6 is 12.4 Å². The second-order valence-corrected chi connectivity index (χ2v) is 4.54. The van der Waals surface area contributed by atoms with Gasteiger partial charge in [0.05, 0.1) is 13.1 Å². The normalized spacial score (nSPS) is 12.8. The third-order valence-electron chi connectivity index (χ3n) is 3.10. The summed E-state index contributed by atoms with van der Waals surface area (Å²) in [6.45, 7) is 3.85. The lowest BCUT2D eigenvalue weighted by Crippen LogP contribution is -2.43. The maximum atomic E-state index is 11.6. The lowest BCUT2D eigenvalue weighted by Gasteiger charge is -2.21. The van der Waals surface area contributed by atoms with Gasteiger partial charge in [-0.1, -0.05) is 37.3 Å². The lowest BCUT2D eigenvalue weighted by molar-refractivity contribution is -0.125. The highest BCUT2D eigenvalue weighted by Crippen LogP contribution is 2.18. The standard InChI is InChI=1S/C14H21N3O2.ClH/c1-10(12-6-4-3-5-7-12)11(2)17-14(19)9-16-13(18)8-15;/h3-7,10-11H,8-9,15H2,1-2H3,(H,16,18)(H,17,19);1H. The molecule has 6 heteroatoms. The Morgan fingerprint density at radius 3 is 2.30 bits per heavy atom. The van der Waals surface area contributed by atoms with Gasteiger partial charge in [0.1, 0.15) is 0 Å². The maximum Gasteiger partial charge on any atom is 0.239 e. The molecule has 0 radical (unpaired) electrons. The molecule has 4 N–H and O–H groups in total. The molecule has 1 aromatic carbocycles. The molecule has 0 saturated carbocycles. The largest absolute Gasteiger partial charge is 0.352 e. The number of hydrogen-bond donors (Lipinski definition) is 3. The summed E-state index contributed by atoms with van der Waals surface area (Å²) in [6, 6.07) is 9.96. The lowest BCUT2D eigenvalue weighted by atomic mass is 9.94. The maximum absolute atomic E-state index is 11.6. The Morgan fingerprint density at radius 1 is 1.15 bits per heavy atom. The molecule has 20 heavy (non-hydrogen) atoms. The molecular weight excluding hydrogens is 278 g/mol. The predicted octanol–water partition coefficient (Wildman–Crippen LogP) is 0.792. The van der Waals surface area contributed by atoms with Gasteiger partial charge in [-0.2, -0.15) is 0 Å². The summed E-state index contributed by atoms with van der Waals surface area (Å²) in [5.74, 6) is -0.341. The second-order valence-electron chi connectivity index (χ2n) is 4.54.